The number of halogens is 1. The van der Waals surface area contributed by atoms with Crippen molar-refractivity contribution in [2.75, 3.05) is 5.43 Å². The standard InChI is InChI=1S/C12H14ClN5OS/c1-6-5-20-12(15-6)7(2)16-11(19)8-3-9(13)17-10(4-8)18-14/h3-5,7H,14H2,1-2H3,(H,16,19)(H,17,18). The topological polar surface area (TPSA) is 92.9 Å². The number of carbonyl (C=O) groups excluding carboxylic acids is 1. The minimum atomic E-state index is -0.258. The Hall–Kier alpha value is -1.70. The van der Waals surface area contributed by atoms with E-state index in [1.54, 1.807) is 0 Å². The van der Waals surface area contributed by atoms with Crippen LogP contribution in [-0.4, -0.2) is 15.9 Å². The molecule has 2 rings (SSSR count). The third kappa shape index (κ3) is 3.44. The van der Waals surface area contributed by atoms with E-state index < -0.39 is 0 Å². The number of hydrogen-bond donors (Lipinski definition) is 3. The van der Waals surface area contributed by atoms with E-state index in [2.05, 4.69) is 20.7 Å². The molecule has 0 aliphatic rings. The number of nitrogens with zero attached hydrogens (tertiary/aromatic N) is 2. The van der Waals surface area contributed by atoms with Gasteiger partial charge >= 0.3 is 0 Å². The largest absolute Gasteiger partial charge is 0.343 e. The fourth-order valence-electron chi connectivity index (χ4n) is 1.61. The number of amides is 1. The maximum Gasteiger partial charge on any atom is 0.252 e. The first-order chi connectivity index (χ1) is 9.49. The summed E-state index contributed by atoms with van der Waals surface area (Å²) in [6.45, 7) is 3.79. The number of nitrogens with two attached hydrogens (primary N) is 1. The Bertz CT molecular complexity index is 630. The number of nitrogens with one attached hydrogen (secondary N) is 2. The van der Waals surface area contributed by atoms with Crippen molar-refractivity contribution in [3.63, 3.8) is 0 Å². The number of rotatable bonds is 4. The van der Waals surface area contributed by atoms with E-state index in [1.165, 1.54) is 23.5 Å². The van der Waals surface area contributed by atoms with Gasteiger partial charge in [-0.05, 0) is 26.0 Å². The Morgan fingerprint density at radius 2 is 2.20 bits per heavy atom. The van der Waals surface area contributed by atoms with Crippen LogP contribution in [0.5, 0.6) is 0 Å². The van der Waals surface area contributed by atoms with Gasteiger partial charge in [0.2, 0.25) is 0 Å². The Morgan fingerprint density at radius 3 is 2.80 bits per heavy atom. The first-order valence-electron chi connectivity index (χ1n) is 5.86. The van der Waals surface area contributed by atoms with Gasteiger partial charge in [0, 0.05) is 16.6 Å². The van der Waals surface area contributed by atoms with E-state index in [0.717, 1.165) is 10.7 Å². The molecule has 2 aromatic rings. The van der Waals surface area contributed by atoms with Gasteiger partial charge in [0.05, 0.1) is 6.04 Å². The smallest absolute Gasteiger partial charge is 0.252 e. The molecule has 0 aliphatic heterocycles. The highest BCUT2D eigenvalue weighted by Crippen LogP contribution is 2.19. The number of aromatic nitrogens is 2. The summed E-state index contributed by atoms with van der Waals surface area (Å²) >= 11 is 7.34. The predicted octanol–water partition coefficient (Wildman–Crippen LogP) is 2.28. The zero-order valence-electron chi connectivity index (χ0n) is 11.0. The molecule has 0 spiro atoms. The van der Waals surface area contributed by atoms with Gasteiger partial charge in [-0.15, -0.1) is 11.3 Å². The lowest BCUT2D eigenvalue weighted by Gasteiger charge is -2.12. The molecule has 0 fully saturated rings. The minimum absolute atomic E-state index is 0.178. The van der Waals surface area contributed by atoms with E-state index in [9.17, 15) is 4.79 Å². The van der Waals surface area contributed by atoms with Gasteiger partial charge in [-0.3, -0.25) is 4.79 Å². The molecule has 0 bridgehead atoms. The summed E-state index contributed by atoms with van der Waals surface area (Å²) in [5.41, 5.74) is 3.69. The number of pyridine rings is 1. The molecule has 106 valence electrons. The Balaban J connectivity index is 2.13. The second kappa shape index (κ2) is 6.17. The summed E-state index contributed by atoms with van der Waals surface area (Å²) in [7, 11) is 0. The summed E-state index contributed by atoms with van der Waals surface area (Å²) in [5, 5.41) is 5.85. The summed E-state index contributed by atoms with van der Waals surface area (Å²) in [4.78, 5) is 20.4. The lowest BCUT2D eigenvalue weighted by Crippen LogP contribution is -2.27. The molecule has 0 aliphatic carbocycles. The van der Waals surface area contributed by atoms with Gasteiger partial charge in [0.1, 0.15) is 16.0 Å². The number of aryl methyl sites for hydroxylation is 1. The summed E-state index contributed by atoms with van der Waals surface area (Å²) in [5.74, 6) is 5.35. The molecule has 8 heteroatoms. The number of thiazole rings is 1. The van der Waals surface area contributed by atoms with Crippen LogP contribution in [0.15, 0.2) is 17.5 Å². The second-order valence-corrected chi connectivity index (χ2v) is 5.51. The quantitative estimate of drug-likeness (QED) is 0.457. The molecule has 6 nitrogen and oxygen atoms in total. The van der Waals surface area contributed by atoms with E-state index in [1.807, 2.05) is 19.2 Å². The van der Waals surface area contributed by atoms with Gasteiger partial charge < -0.3 is 10.7 Å². The van der Waals surface area contributed by atoms with Crippen molar-refractivity contribution in [2.45, 2.75) is 19.9 Å². The highest BCUT2D eigenvalue weighted by molar-refractivity contribution is 7.09. The molecule has 4 N–H and O–H groups in total. The van der Waals surface area contributed by atoms with E-state index in [0.29, 0.717) is 11.4 Å². The number of carbonyl (C=O) groups is 1. The van der Waals surface area contributed by atoms with Crippen molar-refractivity contribution in [3.05, 3.63) is 38.9 Å². The van der Waals surface area contributed by atoms with Gasteiger partial charge in [-0.25, -0.2) is 15.8 Å². The molecule has 2 aromatic heterocycles. The number of hydrazine groups is 1. The Labute approximate surface area is 125 Å². The Morgan fingerprint density at radius 1 is 1.45 bits per heavy atom. The molecular weight excluding hydrogens is 298 g/mol. The average molecular weight is 312 g/mol. The van der Waals surface area contributed by atoms with Crippen molar-refractivity contribution in [2.24, 2.45) is 5.84 Å². The maximum absolute atomic E-state index is 12.2. The van der Waals surface area contributed by atoms with Crippen LogP contribution < -0.4 is 16.6 Å². The third-order valence-electron chi connectivity index (χ3n) is 2.56. The Kier molecular flexibility index (Phi) is 4.53. The summed E-state index contributed by atoms with van der Waals surface area (Å²) < 4.78 is 0. The minimum Gasteiger partial charge on any atom is -0.343 e. The fraction of sp³-hybridized carbons (Fsp3) is 0.250. The number of anilines is 1. The van der Waals surface area contributed by atoms with Crippen molar-refractivity contribution in [3.8, 4) is 0 Å². The average Bonchev–Trinajstić information content (AvgIpc) is 2.84. The zero-order valence-corrected chi connectivity index (χ0v) is 12.5. The van der Waals surface area contributed by atoms with E-state index in [-0.39, 0.29) is 17.1 Å². The SMILES string of the molecule is Cc1csc(C(C)NC(=O)c2cc(Cl)nc(NN)c2)n1. The van der Waals surface area contributed by atoms with Crippen LogP contribution in [0.25, 0.3) is 0 Å². The molecule has 1 unspecified atom stereocenters. The second-order valence-electron chi connectivity index (χ2n) is 4.23. The van der Waals surface area contributed by atoms with Gasteiger partial charge in [-0.1, -0.05) is 11.6 Å². The predicted molar refractivity (Wildman–Crippen MR) is 79.8 cm³/mol. The molecule has 0 saturated carbocycles. The third-order valence-corrected chi connectivity index (χ3v) is 3.90. The molecule has 0 aromatic carbocycles. The monoisotopic (exact) mass is 311 g/mol. The lowest BCUT2D eigenvalue weighted by atomic mass is 10.2. The fourth-order valence-corrected chi connectivity index (χ4v) is 2.63. The first kappa shape index (κ1) is 14.7. The number of hydrogen-bond acceptors (Lipinski definition) is 6. The zero-order chi connectivity index (χ0) is 14.7. The molecule has 1 amide bonds. The molecule has 20 heavy (non-hydrogen) atoms. The highest BCUT2D eigenvalue weighted by Gasteiger charge is 2.15. The lowest BCUT2D eigenvalue weighted by molar-refractivity contribution is 0.0939. The van der Waals surface area contributed by atoms with E-state index in [4.69, 9.17) is 17.4 Å². The van der Waals surface area contributed by atoms with Crippen LogP contribution in [0.1, 0.15) is 34.0 Å². The van der Waals surface area contributed by atoms with Crippen LogP contribution in [0.3, 0.4) is 0 Å². The maximum atomic E-state index is 12.2. The first-order valence-corrected chi connectivity index (χ1v) is 7.12. The van der Waals surface area contributed by atoms with E-state index >= 15 is 0 Å². The molecule has 0 radical (unpaired) electrons. The van der Waals surface area contributed by atoms with Crippen LogP contribution >= 0.6 is 22.9 Å². The van der Waals surface area contributed by atoms with Gasteiger partial charge in [-0.2, -0.15) is 0 Å². The molecular formula is C12H14ClN5OS. The molecule has 1 atom stereocenters. The summed E-state index contributed by atoms with van der Waals surface area (Å²) in [6, 6.07) is 2.83. The normalized spacial score (nSPS) is 12.0. The van der Waals surface area contributed by atoms with Crippen molar-refractivity contribution in [1.29, 1.82) is 0 Å². The van der Waals surface area contributed by atoms with Crippen molar-refractivity contribution < 1.29 is 4.79 Å². The van der Waals surface area contributed by atoms with Crippen molar-refractivity contribution in [1.82, 2.24) is 15.3 Å². The number of nitrogen functional groups attached to an aromatic ring is 1. The van der Waals surface area contributed by atoms with Gasteiger partial charge in [0.25, 0.3) is 5.91 Å². The van der Waals surface area contributed by atoms with Gasteiger partial charge in [0.15, 0.2) is 0 Å². The van der Waals surface area contributed by atoms with Crippen LogP contribution in [0, 0.1) is 6.92 Å². The highest BCUT2D eigenvalue weighted by atomic mass is 35.5. The van der Waals surface area contributed by atoms with Crippen molar-refractivity contribution >= 4 is 34.7 Å². The molecule has 0 saturated heterocycles. The van der Waals surface area contributed by atoms with Crippen LogP contribution in [0.4, 0.5) is 5.82 Å². The summed E-state index contributed by atoms with van der Waals surface area (Å²) in [6.07, 6.45) is 0. The molecule has 2 heterocycles. The van der Waals surface area contributed by atoms with Crippen LogP contribution in [-0.2, 0) is 0 Å². The van der Waals surface area contributed by atoms with Crippen LogP contribution in [0.2, 0.25) is 5.15 Å².